The number of hydrogen-bond acceptors (Lipinski definition) is 3. The number of aromatic nitrogens is 1. The van der Waals surface area contributed by atoms with Crippen LogP contribution in [0.5, 0.6) is 0 Å². The van der Waals surface area contributed by atoms with Crippen molar-refractivity contribution in [1.29, 1.82) is 0 Å². The van der Waals surface area contributed by atoms with Gasteiger partial charge in [0.1, 0.15) is 0 Å². The summed E-state index contributed by atoms with van der Waals surface area (Å²) >= 11 is 0. The maximum atomic E-state index is 12.5. The van der Waals surface area contributed by atoms with E-state index < -0.39 is 5.97 Å². The lowest BCUT2D eigenvalue weighted by atomic mass is 9.87. The fraction of sp³-hybridized carbons (Fsp3) is 0.545. The van der Waals surface area contributed by atoms with E-state index in [0.717, 1.165) is 49.7 Å². The highest BCUT2D eigenvalue weighted by molar-refractivity contribution is 5.97. The number of amides is 1. The van der Waals surface area contributed by atoms with E-state index in [-0.39, 0.29) is 12.5 Å². The molecule has 0 unspecified atom stereocenters. The van der Waals surface area contributed by atoms with Crippen LogP contribution < -0.4 is 0 Å². The molecule has 1 fully saturated rings. The Morgan fingerprint density at radius 3 is 2.70 bits per heavy atom. The van der Waals surface area contributed by atoms with Gasteiger partial charge in [-0.15, -0.1) is 0 Å². The lowest BCUT2D eigenvalue weighted by molar-refractivity contribution is -0.135. The van der Waals surface area contributed by atoms with Gasteiger partial charge in [-0.25, -0.2) is 4.79 Å². The van der Waals surface area contributed by atoms with Crippen molar-refractivity contribution in [2.45, 2.75) is 46.0 Å². The number of esters is 1. The number of rotatable bonds is 3. The smallest absolute Gasteiger partial charge is 0.338 e. The highest BCUT2D eigenvalue weighted by atomic mass is 16.5. The molecule has 0 spiro atoms. The van der Waals surface area contributed by atoms with Gasteiger partial charge in [0.25, 0.3) is 5.91 Å². The number of fused-ring (bicyclic) bond motifs is 3. The van der Waals surface area contributed by atoms with Crippen LogP contribution >= 0.6 is 0 Å². The van der Waals surface area contributed by atoms with Crippen LogP contribution in [0.1, 0.15) is 54.7 Å². The summed E-state index contributed by atoms with van der Waals surface area (Å²) in [5.41, 5.74) is 4.21. The topological polar surface area (TPSA) is 62.4 Å². The van der Waals surface area contributed by atoms with Crippen LogP contribution in [0.15, 0.2) is 18.2 Å². The highest BCUT2D eigenvalue weighted by Gasteiger charge is 2.23. The summed E-state index contributed by atoms with van der Waals surface area (Å²) < 4.78 is 5.32. The Bertz CT molecular complexity index is 862. The minimum Gasteiger partial charge on any atom is -0.452 e. The molecule has 1 aromatic heterocycles. The lowest BCUT2D eigenvalue weighted by Crippen LogP contribution is -2.40. The largest absolute Gasteiger partial charge is 0.452 e. The number of nitrogens with one attached hydrogen (secondary N) is 1. The van der Waals surface area contributed by atoms with Gasteiger partial charge in [-0.2, -0.15) is 0 Å². The molecule has 1 aromatic carbocycles. The predicted molar refractivity (Wildman–Crippen MR) is 105 cm³/mol. The third-order valence-electron chi connectivity index (χ3n) is 6.13. The van der Waals surface area contributed by atoms with Crippen molar-refractivity contribution in [2.75, 3.05) is 19.7 Å². The first-order chi connectivity index (χ1) is 13.0. The Labute approximate surface area is 160 Å². The van der Waals surface area contributed by atoms with Crippen molar-refractivity contribution >= 4 is 22.8 Å². The summed E-state index contributed by atoms with van der Waals surface area (Å²) in [6.45, 7) is 5.83. The quantitative estimate of drug-likeness (QED) is 0.840. The average Bonchev–Trinajstić information content (AvgIpc) is 3.03. The SMILES string of the molecule is CC1CCN(C(=O)COC(=O)c2ccc3[nH]c4c(c3c2)C[C@H](C)CC4)CC1. The molecule has 1 amide bonds. The number of hydrogen-bond donors (Lipinski definition) is 1. The Balaban J connectivity index is 1.43. The maximum Gasteiger partial charge on any atom is 0.338 e. The molecule has 5 nitrogen and oxygen atoms in total. The zero-order valence-electron chi connectivity index (χ0n) is 16.2. The number of aryl methyl sites for hydroxylation is 1. The molecule has 2 heterocycles. The molecule has 1 N–H and O–H groups in total. The number of benzene rings is 1. The summed E-state index contributed by atoms with van der Waals surface area (Å²) in [5.74, 6) is 0.814. The number of carbonyl (C=O) groups excluding carboxylic acids is 2. The standard InChI is InChI=1S/C22H28N2O3/c1-14-7-9-24(10-8-14)21(25)13-27-22(26)16-4-6-20-18(12-16)17-11-15(2)3-5-19(17)23-20/h4,6,12,14-15,23H,3,5,7-11,13H2,1-2H3/t15-/m1/s1. The van der Waals surface area contributed by atoms with E-state index in [1.165, 1.54) is 17.7 Å². The van der Waals surface area contributed by atoms with Gasteiger partial charge in [0.15, 0.2) is 6.61 Å². The van der Waals surface area contributed by atoms with Gasteiger partial charge < -0.3 is 14.6 Å². The molecule has 0 saturated carbocycles. The second-order valence-corrected chi connectivity index (χ2v) is 8.33. The molecule has 0 bridgehead atoms. The van der Waals surface area contributed by atoms with E-state index in [1.807, 2.05) is 12.1 Å². The summed E-state index contributed by atoms with van der Waals surface area (Å²) in [6, 6.07) is 5.64. The van der Waals surface area contributed by atoms with Crippen LogP contribution in [0.25, 0.3) is 10.9 Å². The minimum absolute atomic E-state index is 0.0934. The molecule has 1 aliphatic heterocycles. The molecule has 27 heavy (non-hydrogen) atoms. The molecule has 0 radical (unpaired) electrons. The summed E-state index contributed by atoms with van der Waals surface area (Å²) in [4.78, 5) is 30.1. The van der Waals surface area contributed by atoms with Crippen molar-refractivity contribution in [3.63, 3.8) is 0 Å². The van der Waals surface area contributed by atoms with Crippen molar-refractivity contribution in [1.82, 2.24) is 9.88 Å². The number of aromatic amines is 1. The highest BCUT2D eigenvalue weighted by Crippen LogP contribution is 2.32. The molecule has 2 aromatic rings. The zero-order valence-corrected chi connectivity index (χ0v) is 16.2. The van der Waals surface area contributed by atoms with E-state index in [4.69, 9.17) is 4.74 Å². The van der Waals surface area contributed by atoms with Gasteiger partial charge in [0.2, 0.25) is 0 Å². The maximum absolute atomic E-state index is 12.5. The number of nitrogens with zero attached hydrogens (tertiary/aromatic N) is 1. The summed E-state index contributed by atoms with van der Waals surface area (Å²) in [7, 11) is 0. The van der Waals surface area contributed by atoms with Gasteiger partial charge in [-0.3, -0.25) is 4.79 Å². The first-order valence-electron chi connectivity index (χ1n) is 10.1. The van der Waals surface area contributed by atoms with Crippen LogP contribution in [0, 0.1) is 11.8 Å². The van der Waals surface area contributed by atoms with E-state index in [0.29, 0.717) is 17.4 Å². The van der Waals surface area contributed by atoms with Gasteiger partial charge >= 0.3 is 5.97 Å². The van der Waals surface area contributed by atoms with Crippen LogP contribution in [0.2, 0.25) is 0 Å². The zero-order chi connectivity index (χ0) is 19.0. The predicted octanol–water partition coefficient (Wildman–Crippen LogP) is 3.71. The molecule has 4 rings (SSSR count). The molecule has 5 heteroatoms. The second kappa shape index (κ2) is 7.37. The molecule has 1 aliphatic carbocycles. The molecule has 144 valence electrons. The van der Waals surface area contributed by atoms with Gasteiger partial charge in [-0.1, -0.05) is 13.8 Å². The minimum atomic E-state index is -0.422. The van der Waals surface area contributed by atoms with Gasteiger partial charge in [0, 0.05) is 29.7 Å². The van der Waals surface area contributed by atoms with Crippen LogP contribution in [0.4, 0.5) is 0 Å². The van der Waals surface area contributed by atoms with Crippen LogP contribution in [0.3, 0.4) is 0 Å². The Hall–Kier alpha value is -2.30. The molecule has 2 aliphatic rings. The number of likely N-dealkylation sites (tertiary alicyclic amines) is 1. The Morgan fingerprint density at radius 1 is 1.15 bits per heavy atom. The first kappa shape index (κ1) is 18.1. The first-order valence-corrected chi connectivity index (χ1v) is 10.1. The van der Waals surface area contributed by atoms with Crippen LogP contribution in [-0.2, 0) is 22.4 Å². The van der Waals surface area contributed by atoms with Gasteiger partial charge in [-0.05, 0) is 67.7 Å². The van der Waals surface area contributed by atoms with Crippen molar-refractivity contribution in [2.24, 2.45) is 11.8 Å². The molecule has 1 saturated heterocycles. The number of piperidine rings is 1. The van der Waals surface area contributed by atoms with Crippen LogP contribution in [-0.4, -0.2) is 41.5 Å². The normalized spacial score (nSPS) is 20.5. The Kier molecular flexibility index (Phi) is 4.94. The number of ether oxygens (including phenoxy) is 1. The Morgan fingerprint density at radius 2 is 1.93 bits per heavy atom. The monoisotopic (exact) mass is 368 g/mol. The third kappa shape index (κ3) is 3.73. The van der Waals surface area contributed by atoms with E-state index >= 15 is 0 Å². The molecular weight excluding hydrogens is 340 g/mol. The average molecular weight is 368 g/mol. The van der Waals surface area contributed by atoms with Crippen molar-refractivity contribution < 1.29 is 14.3 Å². The molecule has 1 atom stereocenters. The third-order valence-corrected chi connectivity index (χ3v) is 6.13. The second-order valence-electron chi connectivity index (χ2n) is 8.33. The van der Waals surface area contributed by atoms with E-state index in [2.05, 4.69) is 18.8 Å². The number of carbonyl (C=O) groups is 2. The fourth-order valence-electron chi connectivity index (χ4n) is 4.28. The summed E-state index contributed by atoms with van der Waals surface area (Å²) in [6.07, 6.45) is 5.35. The fourth-order valence-corrected chi connectivity index (χ4v) is 4.28. The van der Waals surface area contributed by atoms with E-state index in [9.17, 15) is 9.59 Å². The summed E-state index contributed by atoms with van der Waals surface area (Å²) in [5, 5.41) is 1.11. The molecular formula is C22H28N2O3. The lowest BCUT2D eigenvalue weighted by Gasteiger charge is -2.30. The van der Waals surface area contributed by atoms with E-state index in [1.54, 1.807) is 11.0 Å². The van der Waals surface area contributed by atoms with Gasteiger partial charge in [0.05, 0.1) is 5.56 Å². The van der Waals surface area contributed by atoms with Crippen molar-refractivity contribution in [3.05, 3.63) is 35.0 Å². The van der Waals surface area contributed by atoms with Crippen molar-refractivity contribution in [3.8, 4) is 0 Å². The number of H-pyrrole nitrogens is 1.